The Morgan fingerprint density at radius 2 is 2.02 bits per heavy atom. The zero-order valence-corrected chi connectivity index (χ0v) is 24.7. The zero-order valence-electron chi connectivity index (χ0n) is 22.1. The lowest BCUT2D eigenvalue weighted by Crippen LogP contribution is -2.51. The van der Waals surface area contributed by atoms with Gasteiger partial charge in [0.15, 0.2) is 33.7 Å². The molecule has 2 aliphatic rings. The first-order chi connectivity index (χ1) is 20.7. The average molecular weight is 682 g/mol. The lowest BCUT2D eigenvalue weighted by Gasteiger charge is -2.30. The Morgan fingerprint density at radius 3 is 2.75 bits per heavy atom. The third kappa shape index (κ3) is 4.91. The third-order valence-electron chi connectivity index (χ3n) is 7.23. The van der Waals surface area contributed by atoms with E-state index in [1.165, 1.54) is 10.9 Å². The third-order valence-corrected chi connectivity index (χ3v) is 10.3. The van der Waals surface area contributed by atoms with E-state index < -0.39 is 72.2 Å². The predicted octanol–water partition coefficient (Wildman–Crippen LogP) is -0.634. The van der Waals surface area contributed by atoms with Gasteiger partial charge in [0.25, 0.3) is 5.56 Å². The van der Waals surface area contributed by atoms with Gasteiger partial charge in [-0.15, -0.1) is 16.9 Å². The number of thioether (sulfide) groups is 1. The van der Waals surface area contributed by atoms with Crippen molar-refractivity contribution < 1.29 is 42.1 Å². The van der Waals surface area contributed by atoms with Gasteiger partial charge in [-0.05, 0) is 18.7 Å². The van der Waals surface area contributed by atoms with Crippen molar-refractivity contribution in [3.63, 3.8) is 0 Å². The number of halogens is 3. The maximum atomic E-state index is 15.5. The van der Waals surface area contributed by atoms with Crippen LogP contribution in [0.25, 0.3) is 22.3 Å². The first-order valence-electron chi connectivity index (χ1n) is 12.5. The molecule has 2 saturated heterocycles. The number of ether oxygens (including phenoxy) is 1. The average Bonchev–Trinajstić information content (AvgIpc) is 3.68. The number of aliphatic hydroxyl groups is 2. The van der Waals surface area contributed by atoms with Crippen LogP contribution in [0.3, 0.4) is 0 Å². The van der Waals surface area contributed by atoms with Crippen LogP contribution >= 0.6 is 18.5 Å². The van der Waals surface area contributed by atoms with E-state index in [1.807, 2.05) is 0 Å². The van der Waals surface area contributed by atoms with Crippen molar-refractivity contribution in [2.45, 2.75) is 53.7 Å². The van der Waals surface area contributed by atoms with E-state index in [4.69, 9.17) is 37.1 Å². The highest BCUT2D eigenvalue weighted by Crippen LogP contribution is 2.56. The highest BCUT2D eigenvalue weighted by Gasteiger charge is 2.68. The number of anilines is 2. The first kappa shape index (κ1) is 31.0. The summed E-state index contributed by atoms with van der Waals surface area (Å²) in [7, 11) is 0. The number of aromatic amines is 1. The summed E-state index contributed by atoms with van der Waals surface area (Å²) in [5.41, 5.74) is 7.35. The summed E-state index contributed by atoms with van der Waals surface area (Å²) in [6, 6.07) is 0. The van der Waals surface area contributed by atoms with Gasteiger partial charge in [-0.1, -0.05) is 5.21 Å². The number of rotatable bonds is 8. The van der Waals surface area contributed by atoms with Gasteiger partial charge < -0.3 is 35.8 Å². The Hall–Kier alpha value is -3.02. The van der Waals surface area contributed by atoms with Crippen LogP contribution in [0.2, 0.25) is 0 Å². The molecule has 24 heteroatoms. The molecule has 2 fully saturated rings. The van der Waals surface area contributed by atoms with Gasteiger partial charge in [0, 0.05) is 0 Å². The number of nitrogen functional groups attached to an aromatic ring is 2. The molecule has 6 heterocycles. The molecule has 0 amide bonds. The molecule has 238 valence electrons. The van der Waals surface area contributed by atoms with E-state index >= 15 is 13.2 Å². The van der Waals surface area contributed by atoms with Gasteiger partial charge in [-0.2, -0.15) is 18.4 Å². The molecule has 8 N–H and O–H groups in total. The van der Waals surface area contributed by atoms with E-state index in [0.29, 0.717) is 4.68 Å². The van der Waals surface area contributed by atoms with Gasteiger partial charge in [-0.25, -0.2) is 19.3 Å². The van der Waals surface area contributed by atoms with E-state index in [9.17, 15) is 19.9 Å². The number of nitrogens with one attached hydrogen (secondary N) is 1. The van der Waals surface area contributed by atoms with Crippen molar-refractivity contribution in [1.82, 2.24) is 44.5 Å². The number of hydrogen-bond donors (Lipinski definition) is 6. The molecular formula is C20H23F3N11O7PS2. The molecule has 2 aliphatic heterocycles. The number of fused-ring (bicyclic) bond motifs is 2. The summed E-state index contributed by atoms with van der Waals surface area (Å²) in [6.45, 7) is -5.25. The Bertz CT molecular complexity index is 1840. The summed E-state index contributed by atoms with van der Waals surface area (Å²) in [6.07, 6.45) is -5.41. The molecule has 4 aromatic rings. The first-order valence-corrected chi connectivity index (χ1v) is 16.0. The van der Waals surface area contributed by atoms with E-state index in [1.54, 1.807) is 0 Å². The molecule has 18 nitrogen and oxygen atoms in total. The number of H-pyrrole nitrogens is 1. The maximum Gasteiger partial charge on any atom is 0.325 e. The predicted molar refractivity (Wildman–Crippen MR) is 149 cm³/mol. The molecule has 44 heavy (non-hydrogen) atoms. The van der Waals surface area contributed by atoms with Crippen LogP contribution in [0.15, 0.2) is 17.4 Å². The van der Waals surface area contributed by atoms with Gasteiger partial charge in [0.2, 0.25) is 12.2 Å². The normalized spacial score (nSPS) is 31.6. The maximum absolute atomic E-state index is 15.5. The summed E-state index contributed by atoms with van der Waals surface area (Å²) in [5, 5.41) is 25.7. The van der Waals surface area contributed by atoms with Crippen LogP contribution in [0, 0.1) is 0 Å². The fourth-order valence-corrected chi connectivity index (χ4v) is 7.73. The molecule has 0 bridgehead atoms. The Kier molecular flexibility index (Phi) is 7.61. The molecule has 0 saturated carbocycles. The Labute approximate surface area is 252 Å². The molecule has 8 atom stereocenters. The van der Waals surface area contributed by atoms with Gasteiger partial charge in [0.05, 0.1) is 24.8 Å². The summed E-state index contributed by atoms with van der Waals surface area (Å²) < 4.78 is 64.5. The number of nitrogens with two attached hydrogens (primary N) is 2. The summed E-state index contributed by atoms with van der Waals surface area (Å²) >= 11 is 5.95. The van der Waals surface area contributed by atoms with Crippen LogP contribution in [0.4, 0.5) is 24.9 Å². The Morgan fingerprint density at radius 1 is 1.27 bits per heavy atom. The molecule has 6 rings (SSSR count). The van der Waals surface area contributed by atoms with Crippen molar-refractivity contribution in [1.29, 1.82) is 0 Å². The fourth-order valence-electron chi connectivity index (χ4n) is 4.84. The Balaban J connectivity index is 1.23. The number of hydrogen-bond acceptors (Lipinski definition) is 16. The van der Waals surface area contributed by atoms with Crippen molar-refractivity contribution in [2.24, 2.45) is 0 Å². The lowest BCUT2D eigenvalue weighted by atomic mass is 9.94. The lowest BCUT2D eigenvalue weighted by molar-refractivity contribution is -0.179. The largest absolute Gasteiger partial charge is 0.395 e. The van der Waals surface area contributed by atoms with E-state index in [0.717, 1.165) is 25.0 Å². The summed E-state index contributed by atoms with van der Waals surface area (Å²) in [4.78, 5) is 41.0. The minimum Gasteiger partial charge on any atom is -0.395 e. The molecule has 4 aromatic heterocycles. The fraction of sp³-hybridized carbons (Fsp3) is 0.550. The highest BCUT2D eigenvalue weighted by molar-refractivity contribution is 8.07. The van der Waals surface area contributed by atoms with E-state index in [2.05, 4.69) is 35.2 Å². The van der Waals surface area contributed by atoms with Crippen molar-refractivity contribution in [3.8, 4) is 0 Å². The molecule has 0 aromatic carbocycles. The summed E-state index contributed by atoms with van der Waals surface area (Å²) in [5.74, 6) is -4.38. The van der Waals surface area contributed by atoms with Crippen LogP contribution in [0.1, 0.15) is 18.5 Å². The number of aliphatic hydroxyl groups excluding tert-OH is 1. The number of nitrogens with zero attached hydrogens (tertiary/aromatic N) is 8. The van der Waals surface area contributed by atoms with Crippen molar-refractivity contribution in [3.05, 3.63) is 23.0 Å². The molecule has 0 spiro atoms. The number of alkyl halides is 3. The monoisotopic (exact) mass is 681 g/mol. The SMILES string of the molecule is C[C@@]1(O)[C@@H](COP(O)(=S)O[C@@H]2[C@@H](F)[C@@H](CO)S[C@H]2n2cnc3c(=O)[nH]c(N)nc32)O[C@@H](n2nnc3c(N)ncnc32)C1(F)F. The van der Waals surface area contributed by atoms with Gasteiger partial charge >= 0.3 is 12.6 Å². The topological polar surface area (TPSA) is 260 Å². The second-order valence-electron chi connectivity index (χ2n) is 10.0. The van der Waals surface area contributed by atoms with E-state index in [-0.39, 0.29) is 34.1 Å². The molecule has 0 radical (unpaired) electrons. The second-order valence-corrected chi connectivity index (χ2v) is 14.2. The second kappa shape index (κ2) is 10.8. The van der Waals surface area contributed by atoms with Gasteiger partial charge in [-0.3, -0.25) is 18.9 Å². The van der Waals surface area contributed by atoms with Crippen LogP contribution in [0.5, 0.6) is 0 Å². The smallest absolute Gasteiger partial charge is 0.325 e. The van der Waals surface area contributed by atoms with Gasteiger partial charge in [0.1, 0.15) is 30.1 Å². The zero-order chi connectivity index (χ0) is 31.8. The van der Waals surface area contributed by atoms with Crippen molar-refractivity contribution >= 4 is 64.4 Å². The minimum atomic E-state index is -4.47. The number of imidazole rings is 1. The van der Waals surface area contributed by atoms with Crippen LogP contribution in [-0.4, -0.2) is 108 Å². The number of aromatic nitrogens is 9. The quantitative estimate of drug-likeness (QED) is 0.126. The minimum absolute atomic E-state index is 0.0355. The standard InChI is InChI=1S/C20H23F3N11O7PS2/c1-19(37)7(40-17(20(19,22)23)34-13-9(31-32-34)12(24)26-4-27-13)3-39-42(38,43)41-11-8(21)6(2-35)44-16(11)33-5-28-10-14(33)29-18(25)30-15(10)36/h4-8,11,16-17,35,37H,2-3H2,1H3,(H,38,43)(H2,24,26,27)(H3,25,29,30,36)/t6-,7-,8+,11-,16-,17-,19-,42?/m1/s1. The van der Waals surface area contributed by atoms with Crippen LogP contribution < -0.4 is 17.0 Å². The molecule has 0 aliphatic carbocycles. The molecular weight excluding hydrogens is 658 g/mol. The molecule has 1 unspecified atom stereocenters. The van der Waals surface area contributed by atoms with Crippen molar-refractivity contribution in [2.75, 3.05) is 24.7 Å². The van der Waals surface area contributed by atoms with Crippen LogP contribution in [-0.2, 0) is 25.6 Å². The highest BCUT2D eigenvalue weighted by atomic mass is 32.5.